The van der Waals surface area contributed by atoms with Gasteiger partial charge in [-0.1, -0.05) is 51.6 Å². The molecule has 0 unspecified atom stereocenters. The van der Waals surface area contributed by atoms with E-state index in [2.05, 4.69) is 6.58 Å². The molecular formula is C19H21O6S2-. The van der Waals surface area contributed by atoms with Gasteiger partial charge in [0.2, 0.25) is 0 Å². The van der Waals surface area contributed by atoms with E-state index in [0.717, 1.165) is 16.5 Å². The molecule has 0 bridgehead atoms. The molecule has 0 saturated carbocycles. The van der Waals surface area contributed by atoms with Gasteiger partial charge in [-0.05, 0) is 35.4 Å². The summed E-state index contributed by atoms with van der Waals surface area (Å²) in [6, 6.07) is 14.0. The van der Waals surface area contributed by atoms with E-state index in [9.17, 15) is 12.6 Å². The molecule has 0 spiro atoms. The lowest BCUT2D eigenvalue weighted by Gasteiger charge is -2.26. The average molecular weight is 410 g/mol. The molecule has 0 atom stereocenters. The highest BCUT2D eigenvalue weighted by Crippen LogP contribution is 2.33. The van der Waals surface area contributed by atoms with Crippen molar-refractivity contribution in [2.45, 2.75) is 26.2 Å². The summed E-state index contributed by atoms with van der Waals surface area (Å²) in [4.78, 5) is 4.99. The van der Waals surface area contributed by atoms with Crippen LogP contribution in [0.3, 0.4) is 0 Å². The summed E-state index contributed by atoms with van der Waals surface area (Å²) in [5.41, 5.74) is 1.62. The first kappa shape index (κ1) is 21.0. The van der Waals surface area contributed by atoms with Crippen LogP contribution in [0.2, 0.25) is 0 Å². The van der Waals surface area contributed by atoms with Gasteiger partial charge in [0.15, 0.2) is 5.75 Å². The molecule has 2 rings (SSSR count). The summed E-state index contributed by atoms with van der Waals surface area (Å²) < 4.78 is 43.6. The Kier molecular flexibility index (Phi) is 6.69. The Morgan fingerprint density at radius 3 is 1.89 bits per heavy atom. The zero-order valence-corrected chi connectivity index (χ0v) is 16.9. The van der Waals surface area contributed by atoms with E-state index in [-0.39, 0.29) is 11.2 Å². The smallest absolute Gasteiger partial charge is 0.331 e. The van der Waals surface area contributed by atoms with Gasteiger partial charge in [-0.15, -0.1) is 10.7 Å². The van der Waals surface area contributed by atoms with Crippen molar-refractivity contribution in [2.24, 2.45) is 0 Å². The van der Waals surface area contributed by atoms with E-state index in [1.54, 1.807) is 31.2 Å². The standard InChI is InChI=1S/C19H21O6S2/c1-5-26(20)25-23-17-11-7-15(8-12-17)19(3,4)16-9-13-18(14-10-16)24-27(21,22)6-2/h5-14H,2H2,1,3-4H3/q-1. The largest absolute Gasteiger partial charge is 0.432 e. The zero-order chi connectivity index (χ0) is 20.1. The molecule has 0 heterocycles. The van der Waals surface area contributed by atoms with Crippen LogP contribution in [0.5, 0.6) is 11.5 Å². The fraction of sp³-hybridized carbons (Fsp3) is 0.211. The maximum absolute atomic E-state index is 11.4. The SMILES string of the molecule is C=CS(=O)(=O)Oc1ccc(C(C)(C)c2ccc(OO/[S-](=O)=C/C)cc2)cc1. The Bertz CT molecular complexity index is 968. The third-order valence-corrected chi connectivity index (χ3v) is 5.38. The predicted octanol–water partition coefficient (Wildman–Crippen LogP) is 3.88. The fourth-order valence-electron chi connectivity index (χ4n) is 2.30. The van der Waals surface area contributed by atoms with E-state index in [4.69, 9.17) is 13.4 Å². The Hall–Kier alpha value is -2.29. The highest BCUT2D eigenvalue weighted by Gasteiger charge is 2.23. The van der Waals surface area contributed by atoms with Crippen LogP contribution in [0.25, 0.3) is 0 Å². The first-order chi connectivity index (χ1) is 12.7. The van der Waals surface area contributed by atoms with Crippen LogP contribution in [0.15, 0.2) is 60.5 Å². The second-order valence-electron chi connectivity index (χ2n) is 6.06. The molecule has 0 aliphatic heterocycles. The van der Waals surface area contributed by atoms with E-state index in [1.807, 2.05) is 38.1 Å². The Labute approximate surface area is 161 Å². The van der Waals surface area contributed by atoms with Crippen LogP contribution in [-0.4, -0.2) is 13.8 Å². The number of hydrogen-bond acceptors (Lipinski definition) is 7. The van der Waals surface area contributed by atoms with Crippen LogP contribution < -0.4 is 9.07 Å². The molecule has 6 nitrogen and oxygen atoms in total. The highest BCUT2D eigenvalue weighted by molar-refractivity contribution is 7.90. The summed E-state index contributed by atoms with van der Waals surface area (Å²) in [5, 5.41) is 2.12. The van der Waals surface area contributed by atoms with Crippen LogP contribution in [0, 0.1) is 0 Å². The van der Waals surface area contributed by atoms with Crippen LogP contribution in [0.4, 0.5) is 0 Å². The number of benzene rings is 2. The van der Waals surface area contributed by atoms with Gasteiger partial charge in [-0.2, -0.15) is 13.8 Å². The van der Waals surface area contributed by atoms with E-state index >= 15 is 0 Å². The second-order valence-corrected chi connectivity index (χ2v) is 8.68. The Morgan fingerprint density at radius 2 is 1.44 bits per heavy atom. The first-order valence-electron chi connectivity index (χ1n) is 8.01. The summed E-state index contributed by atoms with van der Waals surface area (Å²) in [6.45, 7) is 8.89. The maximum atomic E-state index is 11.4. The molecule has 0 fully saturated rings. The number of rotatable bonds is 8. The average Bonchev–Trinajstić information content (AvgIpc) is 2.66. The highest BCUT2D eigenvalue weighted by atomic mass is 32.2. The van der Waals surface area contributed by atoms with Crippen LogP contribution in [0.1, 0.15) is 31.9 Å². The van der Waals surface area contributed by atoms with Gasteiger partial charge >= 0.3 is 10.1 Å². The molecule has 0 N–H and O–H groups in total. The number of hydrogen-bond donors (Lipinski definition) is 0. The molecule has 0 aromatic heterocycles. The molecule has 0 aliphatic carbocycles. The molecule has 2 aromatic carbocycles. The van der Waals surface area contributed by atoms with Crippen molar-refractivity contribution < 1.29 is 26.0 Å². The van der Waals surface area contributed by atoms with Crippen molar-refractivity contribution in [2.75, 3.05) is 0 Å². The van der Waals surface area contributed by atoms with Gasteiger partial charge in [0, 0.05) is 5.41 Å². The molecule has 146 valence electrons. The van der Waals surface area contributed by atoms with Crippen molar-refractivity contribution in [3.8, 4) is 11.5 Å². The summed E-state index contributed by atoms with van der Waals surface area (Å²) in [5.74, 6) is 0.652. The summed E-state index contributed by atoms with van der Waals surface area (Å²) >= 11 is 0. The fourth-order valence-corrected chi connectivity index (χ4v) is 2.97. The van der Waals surface area contributed by atoms with Crippen molar-refractivity contribution >= 4 is 26.2 Å². The Balaban J connectivity index is 2.17. The van der Waals surface area contributed by atoms with Gasteiger partial charge in [-0.25, -0.2) is 0 Å². The van der Waals surface area contributed by atoms with Gasteiger partial charge in [0.05, 0.1) is 5.41 Å². The van der Waals surface area contributed by atoms with E-state index < -0.39 is 20.8 Å². The van der Waals surface area contributed by atoms with Crippen molar-refractivity contribution in [1.82, 2.24) is 0 Å². The molecular weight excluding hydrogens is 388 g/mol. The van der Waals surface area contributed by atoms with Crippen molar-refractivity contribution in [3.05, 3.63) is 71.6 Å². The molecule has 0 saturated heterocycles. The summed E-state index contributed by atoms with van der Waals surface area (Å²) in [6.07, 6.45) is 0. The van der Waals surface area contributed by atoms with Gasteiger partial charge < -0.3 is 13.3 Å². The minimum Gasteiger partial charge on any atom is -0.432 e. The molecule has 0 radical (unpaired) electrons. The van der Waals surface area contributed by atoms with E-state index in [0.29, 0.717) is 5.75 Å². The topological polar surface area (TPSA) is 78.9 Å². The van der Waals surface area contributed by atoms with Crippen molar-refractivity contribution in [3.63, 3.8) is 0 Å². The minimum absolute atomic E-state index is 0.219. The lowest BCUT2D eigenvalue weighted by atomic mass is 9.78. The first-order valence-corrected chi connectivity index (χ1v) is 10.6. The van der Waals surface area contributed by atoms with Gasteiger partial charge in [0.1, 0.15) is 5.75 Å². The quantitative estimate of drug-likeness (QED) is 0.216. The van der Waals surface area contributed by atoms with E-state index in [1.165, 1.54) is 5.37 Å². The molecule has 2 aromatic rings. The van der Waals surface area contributed by atoms with Gasteiger partial charge in [-0.3, -0.25) is 4.33 Å². The molecule has 0 aliphatic rings. The maximum Gasteiger partial charge on any atom is 0.331 e. The molecule has 8 heteroatoms. The molecule has 0 amide bonds. The third kappa shape index (κ3) is 5.59. The van der Waals surface area contributed by atoms with Crippen LogP contribution >= 0.6 is 0 Å². The van der Waals surface area contributed by atoms with Gasteiger partial charge in [0.25, 0.3) is 0 Å². The minimum atomic E-state index is -3.78. The second kappa shape index (κ2) is 8.60. The lowest BCUT2D eigenvalue weighted by Crippen LogP contribution is -2.18. The summed E-state index contributed by atoms with van der Waals surface area (Å²) in [7, 11) is -5.38. The normalized spacial score (nSPS) is 13.1. The predicted molar refractivity (Wildman–Crippen MR) is 106 cm³/mol. The van der Waals surface area contributed by atoms with Crippen molar-refractivity contribution in [1.29, 1.82) is 0 Å². The third-order valence-electron chi connectivity index (χ3n) is 3.96. The zero-order valence-electron chi connectivity index (χ0n) is 15.2. The lowest BCUT2D eigenvalue weighted by molar-refractivity contribution is -0.0830. The Morgan fingerprint density at radius 1 is 0.963 bits per heavy atom. The monoisotopic (exact) mass is 409 g/mol. The molecule has 27 heavy (non-hydrogen) atoms. The van der Waals surface area contributed by atoms with Crippen LogP contribution in [-0.2, 0) is 34.7 Å².